The first-order valence-corrected chi connectivity index (χ1v) is 11.6. The van der Waals surface area contributed by atoms with Gasteiger partial charge in [0.1, 0.15) is 0 Å². The van der Waals surface area contributed by atoms with E-state index in [0.29, 0.717) is 15.6 Å². The number of carbonyl (C=O) groups is 3. The third-order valence-corrected chi connectivity index (χ3v) is 6.02. The van der Waals surface area contributed by atoms with Gasteiger partial charge in [0.25, 0.3) is 11.8 Å². The van der Waals surface area contributed by atoms with Crippen molar-refractivity contribution in [2.45, 2.75) is 0 Å². The van der Waals surface area contributed by atoms with Gasteiger partial charge in [0, 0.05) is 5.56 Å². The van der Waals surface area contributed by atoms with Crippen LogP contribution in [0.3, 0.4) is 0 Å². The topological polar surface area (TPSA) is 106 Å². The predicted molar refractivity (Wildman–Crippen MR) is 139 cm³/mol. The minimum absolute atomic E-state index is 0.166. The third kappa shape index (κ3) is 7.35. The first-order chi connectivity index (χ1) is 17.2. The first-order valence-electron chi connectivity index (χ1n) is 10.1. The minimum Gasteiger partial charge on any atom is -0.493 e. The van der Waals surface area contributed by atoms with Crippen molar-refractivity contribution in [1.29, 1.82) is 0 Å². The smallest absolute Gasteiger partial charge is 0.343 e. The number of esters is 1. The maximum Gasteiger partial charge on any atom is 0.343 e. The van der Waals surface area contributed by atoms with Crippen LogP contribution in [0.5, 0.6) is 11.5 Å². The summed E-state index contributed by atoms with van der Waals surface area (Å²) in [5.41, 5.74) is 3.31. The monoisotopic (exact) mass is 567 g/mol. The molecular formula is C24H17Cl4N3O5. The van der Waals surface area contributed by atoms with Crippen LogP contribution in [0.4, 0.5) is 0 Å². The van der Waals surface area contributed by atoms with Gasteiger partial charge in [-0.15, -0.1) is 0 Å². The van der Waals surface area contributed by atoms with Crippen LogP contribution in [-0.2, 0) is 4.79 Å². The van der Waals surface area contributed by atoms with Crippen LogP contribution in [0.15, 0.2) is 59.7 Å². The van der Waals surface area contributed by atoms with Crippen LogP contribution < -0.4 is 20.2 Å². The summed E-state index contributed by atoms with van der Waals surface area (Å²) in [6.45, 7) is -0.316. The van der Waals surface area contributed by atoms with Gasteiger partial charge in [0.15, 0.2) is 11.5 Å². The van der Waals surface area contributed by atoms with Gasteiger partial charge in [0.2, 0.25) is 0 Å². The second kappa shape index (κ2) is 12.6. The Hall–Kier alpha value is -3.30. The fourth-order valence-electron chi connectivity index (χ4n) is 2.75. The van der Waals surface area contributed by atoms with Crippen LogP contribution >= 0.6 is 46.4 Å². The Morgan fingerprint density at radius 1 is 0.833 bits per heavy atom. The number of halogens is 4. The SMILES string of the molecule is COc1cc(/C=N/NC(=O)CNC(=O)c2ccc(Cl)c(Cl)c2)ccc1OC(=O)c1ccc(Cl)c(Cl)c1. The second-order valence-electron chi connectivity index (χ2n) is 7.03. The Morgan fingerprint density at radius 3 is 2.11 bits per heavy atom. The molecule has 0 aliphatic heterocycles. The van der Waals surface area contributed by atoms with Gasteiger partial charge < -0.3 is 14.8 Å². The Morgan fingerprint density at radius 2 is 1.47 bits per heavy atom. The summed E-state index contributed by atoms with van der Waals surface area (Å²) in [5, 5.41) is 7.37. The van der Waals surface area contributed by atoms with Crippen LogP contribution in [-0.4, -0.2) is 37.7 Å². The molecule has 0 atom stereocenters. The van der Waals surface area contributed by atoms with Gasteiger partial charge in [-0.05, 0) is 60.2 Å². The number of hydrogen-bond donors (Lipinski definition) is 2. The molecule has 0 fully saturated rings. The van der Waals surface area contributed by atoms with Crippen molar-refractivity contribution in [2.75, 3.05) is 13.7 Å². The molecule has 3 rings (SSSR count). The van der Waals surface area contributed by atoms with Gasteiger partial charge in [0.05, 0.1) is 45.5 Å². The summed E-state index contributed by atoms with van der Waals surface area (Å²) < 4.78 is 10.7. The lowest BCUT2D eigenvalue weighted by atomic mass is 10.2. The number of benzene rings is 3. The lowest BCUT2D eigenvalue weighted by molar-refractivity contribution is -0.120. The van der Waals surface area contributed by atoms with Crippen LogP contribution in [0.1, 0.15) is 26.3 Å². The van der Waals surface area contributed by atoms with Crippen molar-refractivity contribution in [1.82, 2.24) is 10.7 Å². The molecule has 0 heterocycles. The highest BCUT2D eigenvalue weighted by molar-refractivity contribution is 6.42. The number of hydrogen-bond acceptors (Lipinski definition) is 6. The number of ether oxygens (including phenoxy) is 2. The average molecular weight is 569 g/mol. The fourth-order valence-corrected chi connectivity index (χ4v) is 3.35. The lowest BCUT2D eigenvalue weighted by Gasteiger charge is -2.10. The van der Waals surface area contributed by atoms with Crippen molar-refractivity contribution < 1.29 is 23.9 Å². The summed E-state index contributed by atoms with van der Waals surface area (Å²) in [6, 6.07) is 13.4. The van der Waals surface area contributed by atoms with Crippen molar-refractivity contribution >= 4 is 70.4 Å². The number of nitrogens with one attached hydrogen (secondary N) is 2. The number of carbonyl (C=O) groups excluding carboxylic acids is 3. The highest BCUT2D eigenvalue weighted by atomic mass is 35.5. The summed E-state index contributed by atoms with van der Waals surface area (Å²) in [7, 11) is 1.41. The van der Waals surface area contributed by atoms with Crippen molar-refractivity contribution in [2.24, 2.45) is 5.10 Å². The molecule has 12 heteroatoms. The maximum absolute atomic E-state index is 12.4. The van der Waals surface area contributed by atoms with Crippen molar-refractivity contribution in [3.8, 4) is 11.5 Å². The van der Waals surface area contributed by atoms with E-state index in [4.69, 9.17) is 55.9 Å². The van der Waals surface area contributed by atoms with E-state index in [0.717, 1.165) is 0 Å². The first kappa shape index (κ1) is 27.3. The highest BCUT2D eigenvalue weighted by Gasteiger charge is 2.14. The summed E-state index contributed by atoms with van der Waals surface area (Å²) in [5.74, 6) is -1.28. The minimum atomic E-state index is -0.650. The number of rotatable bonds is 8. The zero-order valence-electron chi connectivity index (χ0n) is 18.5. The molecule has 3 aromatic rings. The zero-order valence-corrected chi connectivity index (χ0v) is 21.5. The molecule has 0 aromatic heterocycles. The molecule has 0 aliphatic rings. The van der Waals surface area contributed by atoms with Crippen LogP contribution in [0.2, 0.25) is 20.1 Å². The molecule has 0 saturated heterocycles. The second-order valence-corrected chi connectivity index (χ2v) is 8.66. The van der Waals surface area contributed by atoms with Gasteiger partial charge in [-0.1, -0.05) is 46.4 Å². The number of hydrazone groups is 1. The van der Waals surface area contributed by atoms with Gasteiger partial charge >= 0.3 is 5.97 Å². The molecule has 0 bridgehead atoms. The molecule has 36 heavy (non-hydrogen) atoms. The number of amides is 2. The van der Waals surface area contributed by atoms with Crippen LogP contribution in [0, 0.1) is 0 Å². The highest BCUT2D eigenvalue weighted by Crippen LogP contribution is 2.29. The molecule has 0 spiro atoms. The Labute approximate surface area is 226 Å². The summed E-state index contributed by atoms with van der Waals surface area (Å²) >= 11 is 23.5. The molecule has 2 N–H and O–H groups in total. The van der Waals surface area contributed by atoms with E-state index in [1.165, 1.54) is 55.8 Å². The van der Waals surface area contributed by atoms with E-state index in [-0.39, 0.29) is 39.2 Å². The van der Waals surface area contributed by atoms with Gasteiger partial charge in [-0.3, -0.25) is 9.59 Å². The van der Waals surface area contributed by atoms with Gasteiger partial charge in [-0.25, -0.2) is 10.2 Å². The molecule has 0 radical (unpaired) electrons. The maximum atomic E-state index is 12.4. The van der Waals surface area contributed by atoms with Crippen molar-refractivity contribution in [3.63, 3.8) is 0 Å². The molecule has 8 nitrogen and oxygen atoms in total. The number of methoxy groups -OCH3 is 1. The fraction of sp³-hybridized carbons (Fsp3) is 0.0833. The van der Waals surface area contributed by atoms with Gasteiger partial charge in [-0.2, -0.15) is 5.10 Å². The standard InChI is InChI=1S/C24H17Cl4N3O5/c1-35-21-8-13(2-7-20(21)36-24(34)15-4-6-17(26)19(28)10-15)11-30-31-22(32)12-29-23(33)14-3-5-16(25)18(27)9-14/h2-11H,12H2,1H3,(H,29,33)(H,31,32)/b30-11+. The third-order valence-electron chi connectivity index (χ3n) is 4.54. The quantitative estimate of drug-likeness (QED) is 0.164. The molecule has 0 unspecified atom stereocenters. The van der Waals surface area contributed by atoms with E-state index < -0.39 is 17.8 Å². The Balaban J connectivity index is 1.55. The van der Waals surface area contributed by atoms with E-state index >= 15 is 0 Å². The molecule has 2 amide bonds. The molecule has 0 saturated carbocycles. The molecular weight excluding hydrogens is 552 g/mol. The normalized spacial score (nSPS) is 10.7. The number of nitrogens with zero attached hydrogens (tertiary/aromatic N) is 1. The lowest BCUT2D eigenvalue weighted by Crippen LogP contribution is -2.34. The predicted octanol–water partition coefficient (Wildman–Crippen LogP) is 5.41. The molecule has 3 aromatic carbocycles. The largest absolute Gasteiger partial charge is 0.493 e. The molecule has 186 valence electrons. The zero-order chi connectivity index (χ0) is 26.2. The van der Waals surface area contributed by atoms with Crippen molar-refractivity contribution in [3.05, 3.63) is 91.4 Å². The van der Waals surface area contributed by atoms with E-state index in [1.807, 2.05) is 0 Å². The Bertz CT molecular complexity index is 1350. The van der Waals surface area contributed by atoms with Crippen LogP contribution in [0.25, 0.3) is 0 Å². The summed E-state index contributed by atoms with van der Waals surface area (Å²) in [6.07, 6.45) is 1.35. The molecule has 0 aliphatic carbocycles. The van der Waals surface area contributed by atoms with E-state index in [9.17, 15) is 14.4 Å². The summed E-state index contributed by atoms with van der Waals surface area (Å²) in [4.78, 5) is 36.5. The van der Waals surface area contributed by atoms with E-state index in [1.54, 1.807) is 12.1 Å². The average Bonchev–Trinajstić information content (AvgIpc) is 2.86. The van der Waals surface area contributed by atoms with E-state index in [2.05, 4.69) is 15.8 Å². The Kier molecular flexibility index (Phi) is 9.55.